The second kappa shape index (κ2) is 14.8. The van der Waals surface area contributed by atoms with Crippen LogP contribution in [0.3, 0.4) is 0 Å². The number of benzene rings is 5. The van der Waals surface area contributed by atoms with E-state index in [1.54, 1.807) is 24.1 Å². The average Bonchev–Trinajstić information content (AvgIpc) is 3.19. The van der Waals surface area contributed by atoms with E-state index in [0.717, 1.165) is 27.6 Å². The predicted molar refractivity (Wildman–Crippen MR) is 203 cm³/mol. The normalized spacial score (nSPS) is 15.4. The van der Waals surface area contributed by atoms with Crippen LogP contribution in [0, 0.1) is 0 Å². The van der Waals surface area contributed by atoms with Crippen molar-refractivity contribution in [3.05, 3.63) is 153 Å². The van der Waals surface area contributed by atoms with Crippen LogP contribution in [-0.4, -0.2) is 58.4 Å². The van der Waals surface area contributed by atoms with Crippen LogP contribution < -0.4 is 25.1 Å². The van der Waals surface area contributed by atoms with Gasteiger partial charge in [0.05, 0.1) is 36.4 Å². The summed E-state index contributed by atoms with van der Waals surface area (Å²) in [7, 11) is 1.56. The average molecular weight is 723 g/mol. The molecular weight excluding hydrogens is 684 g/mol. The van der Waals surface area contributed by atoms with Gasteiger partial charge < -0.3 is 29.5 Å². The van der Waals surface area contributed by atoms with Gasteiger partial charge in [-0.15, -0.1) is 0 Å². The zero-order valence-electron chi connectivity index (χ0n) is 29.7. The van der Waals surface area contributed by atoms with Gasteiger partial charge in [0.2, 0.25) is 5.91 Å². The number of ether oxygens (including phenoxy) is 3. The number of methoxy groups -OCH3 is 1. The molecule has 2 amide bonds. The molecule has 5 aromatic carbocycles. The van der Waals surface area contributed by atoms with Crippen LogP contribution >= 0.6 is 0 Å². The lowest BCUT2D eigenvalue weighted by molar-refractivity contribution is -0.134. The fraction of sp³-hybridized carbons (Fsp3) is 0.209. The standard InChI is InChI=1S/C43H38N4O7/c1-52-38-17-12-29-24-39(38)53-21-7-19-44-42(50)35-25-31(14-16-37(35)48)54-30-13-15-32-28(23-30)18-20-46(41(29)32)40(49)26-47-43(51)34-11-6-5-10-33(34)36(45-47)22-27-8-3-2-4-9-27/h2-6,8-17,23-25,41,48H,7,18-22,26H2,1H3,(H,44,50). The lowest BCUT2D eigenvalue weighted by Crippen LogP contribution is -2.44. The van der Waals surface area contributed by atoms with Crippen molar-refractivity contribution in [1.82, 2.24) is 20.0 Å². The number of rotatable bonds is 5. The van der Waals surface area contributed by atoms with Crippen molar-refractivity contribution in [2.24, 2.45) is 0 Å². The predicted octanol–water partition coefficient (Wildman–Crippen LogP) is 6.18. The van der Waals surface area contributed by atoms with Gasteiger partial charge in [-0.25, -0.2) is 4.68 Å². The largest absolute Gasteiger partial charge is 0.507 e. The lowest BCUT2D eigenvalue weighted by Gasteiger charge is -2.38. The van der Waals surface area contributed by atoms with Crippen LogP contribution in [0.1, 0.15) is 50.8 Å². The quantitative estimate of drug-likeness (QED) is 0.216. The van der Waals surface area contributed by atoms with Crippen LogP contribution in [-0.2, 0) is 24.2 Å². The molecule has 11 nitrogen and oxygen atoms in total. The molecule has 0 saturated heterocycles. The monoisotopic (exact) mass is 722 g/mol. The van der Waals surface area contributed by atoms with Gasteiger partial charge in [0.15, 0.2) is 11.5 Å². The molecule has 0 fully saturated rings. The number of aromatic nitrogens is 2. The SMILES string of the molecule is COc1ccc2cc1OCCCNC(=O)c1cc(ccc1O)Oc1ccc3c(c1)CCN(C(=O)Cn1nc(Cc4ccccc4)c4ccccc4c1=O)C23. The molecule has 0 saturated carbocycles. The minimum Gasteiger partial charge on any atom is -0.507 e. The number of phenols is 1. The van der Waals surface area contributed by atoms with Gasteiger partial charge in [0, 0.05) is 24.9 Å². The third-order valence-electron chi connectivity index (χ3n) is 9.92. The smallest absolute Gasteiger partial charge is 0.275 e. The Kier molecular flexibility index (Phi) is 9.44. The molecule has 4 heterocycles. The summed E-state index contributed by atoms with van der Waals surface area (Å²) in [5, 5.41) is 19.3. The number of hydrogen-bond acceptors (Lipinski definition) is 8. The van der Waals surface area contributed by atoms with Gasteiger partial charge in [-0.2, -0.15) is 5.10 Å². The number of carbonyl (C=O) groups is 2. The van der Waals surface area contributed by atoms with Crippen molar-refractivity contribution in [3.63, 3.8) is 0 Å². The molecule has 1 atom stereocenters. The third-order valence-corrected chi connectivity index (χ3v) is 9.92. The molecule has 6 aromatic rings. The minimum absolute atomic E-state index is 0.100. The van der Waals surface area contributed by atoms with Crippen molar-refractivity contribution < 1.29 is 28.9 Å². The van der Waals surface area contributed by atoms with E-state index in [9.17, 15) is 19.5 Å². The highest BCUT2D eigenvalue weighted by Crippen LogP contribution is 2.41. The third kappa shape index (κ3) is 6.83. The molecule has 11 heteroatoms. The van der Waals surface area contributed by atoms with Gasteiger partial charge in [-0.05, 0) is 83.6 Å². The first kappa shape index (κ1) is 34.5. The van der Waals surface area contributed by atoms with E-state index in [2.05, 4.69) is 5.32 Å². The lowest BCUT2D eigenvalue weighted by atomic mass is 9.87. The Hall–Kier alpha value is -6.62. The molecule has 2 N–H and O–H groups in total. The van der Waals surface area contributed by atoms with Gasteiger partial charge in [-0.1, -0.05) is 60.7 Å². The number of nitrogens with one attached hydrogen (secondary N) is 1. The van der Waals surface area contributed by atoms with Crippen LogP contribution in [0.25, 0.3) is 10.8 Å². The molecule has 1 aromatic heterocycles. The van der Waals surface area contributed by atoms with Crippen LogP contribution in [0.5, 0.6) is 28.7 Å². The maximum Gasteiger partial charge on any atom is 0.275 e. The number of hydrogen-bond donors (Lipinski definition) is 2. The summed E-state index contributed by atoms with van der Waals surface area (Å²) in [5.41, 5.74) is 4.21. The van der Waals surface area contributed by atoms with E-state index >= 15 is 0 Å². The summed E-state index contributed by atoms with van der Waals surface area (Å²) in [6, 6.07) is 32.7. The molecule has 0 spiro atoms. The summed E-state index contributed by atoms with van der Waals surface area (Å²) in [5.74, 6) is 1.12. The van der Waals surface area contributed by atoms with E-state index in [0.29, 0.717) is 66.4 Å². The Bertz CT molecular complexity index is 2450. The number of fused-ring (bicyclic) bond motifs is 7. The van der Waals surface area contributed by atoms with Crippen LogP contribution in [0.15, 0.2) is 114 Å². The first-order valence-electron chi connectivity index (χ1n) is 17.9. The van der Waals surface area contributed by atoms with Crippen molar-refractivity contribution in [3.8, 4) is 28.7 Å². The summed E-state index contributed by atoms with van der Waals surface area (Å²) >= 11 is 0. The van der Waals surface area contributed by atoms with Gasteiger partial charge in [-0.3, -0.25) is 14.4 Å². The first-order valence-corrected chi connectivity index (χ1v) is 17.9. The molecule has 272 valence electrons. The summed E-state index contributed by atoms with van der Waals surface area (Å²) < 4.78 is 19.3. The number of carbonyl (C=O) groups excluding carboxylic acids is 2. The van der Waals surface area contributed by atoms with Gasteiger partial charge in [0.1, 0.15) is 23.8 Å². The van der Waals surface area contributed by atoms with Crippen molar-refractivity contribution >= 4 is 22.6 Å². The van der Waals surface area contributed by atoms with Crippen LogP contribution in [0.2, 0.25) is 0 Å². The van der Waals surface area contributed by atoms with Crippen molar-refractivity contribution in [2.45, 2.75) is 31.8 Å². The van der Waals surface area contributed by atoms with Gasteiger partial charge in [0.25, 0.3) is 11.5 Å². The summed E-state index contributed by atoms with van der Waals surface area (Å²) in [6.45, 7) is 0.692. The van der Waals surface area contributed by atoms with E-state index in [4.69, 9.17) is 19.3 Å². The fourth-order valence-corrected chi connectivity index (χ4v) is 7.27. The molecule has 3 aliphatic heterocycles. The maximum atomic E-state index is 14.5. The Balaban J connectivity index is 1.19. The first-order chi connectivity index (χ1) is 26.4. The van der Waals surface area contributed by atoms with Gasteiger partial charge >= 0.3 is 0 Å². The highest BCUT2D eigenvalue weighted by atomic mass is 16.5. The molecule has 0 radical (unpaired) electrons. The van der Waals surface area contributed by atoms with Crippen molar-refractivity contribution in [1.29, 1.82) is 0 Å². The topological polar surface area (TPSA) is 132 Å². The van der Waals surface area contributed by atoms with E-state index in [1.807, 2.05) is 84.9 Å². The van der Waals surface area contributed by atoms with Crippen LogP contribution in [0.4, 0.5) is 0 Å². The van der Waals surface area contributed by atoms with E-state index < -0.39 is 11.9 Å². The minimum atomic E-state index is -0.526. The van der Waals surface area contributed by atoms with E-state index in [-0.39, 0.29) is 35.9 Å². The zero-order chi connectivity index (χ0) is 37.2. The van der Waals surface area contributed by atoms with E-state index in [1.165, 1.54) is 16.8 Å². The molecule has 8 bridgehead atoms. The molecule has 9 rings (SSSR count). The number of phenolic OH excluding ortho intramolecular Hbond substituents is 1. The fourth-order valence-electron chi connectivity index (χ4n) is 7.27. The second-order valence-electron chi connectivity index (χ2n) is 13.4. The number of aromatic hydroxyl groups is 1. The molecule has 0 aliphatic carbocycles. The summed E-state index contributed by atoms with van der Waals surface area (Å²) in [4.78, 5) is 43.1. The Morgan fingerprint density at radius 2 is 1.70 bits per heavy atom. The Morgan fingerprint density at radius 1 is 0.926 bits per heavy atom. The molecule has 1 unspecified atom stereocenters. The molecule has 54 heavy (non-hydrogen) atoms. The molecular formula is C43H38N4O7. The number of nitrogens with zero attached hydrogens (tertiary/aromatic N) is 3. The summed E-state index contributed by atoms with van der Waals surface area (Å²) in [6.07, 6.45) is 1.51. The van der Waals surface area contributed by atoms with Crippen molar-refractivity contribution in [2.75, 3.05) is 26.8 Å². The number of amides is 2. The molecule has 3 aliphatic rings. The zero-order valence-corrected chi connectivity index (χ0v) is 29.7. The maximum absolute atomic E-state index is 14.5. The second-order valence-corrected chi connectivity index (χ2v) is 13.4. The highest BCUT2D eigenvalue weighted by molar-refractivity contribution is 5.97. The highest BCUT2D eigenvalue weighted by Gasteiger charge is 2.34. The Morgan fingerprint density at radius 3 is 2.54 bits per heavy atom. The Labute approximate surface area is 311 Å².